The average Bonchev–Trinajstić information content (AvgIpc) is 3.21. The summed E-state index contributed by atoms with van der Waals surface area (Å²) in [5, 5.41) is 12.8. The van der Waals surface area contributed by atoms with Crippen LogP contribution in [0.1, 0.15) is 5.56 Å². The third-order valence-electron chi connectivity index (χ3n) is 4.45. The number of rotatable bonds is 6. The van der Waals surface area contributed by atoms with Gasteiger partial charge in [0.15, 0.2) is 0 Å². The molecule has 0 saturated heterocycles. The van der Waals surface area contributed by atoms with Crippen molar-refractivity contribution in [3.8, 4) is 23.0 Å². The summed E-state index contributed by atoms with van der Waals surface area (Å²) in [6, 6.07) is 19.2. The fourth-order valence-corrected chi connectivity index (χ4v) is 3.02. The number of benzene rings is 3. The molecule has 0 radical (unpaired) electrons. The maximum Gasteiger partial charge on any atom is 0.322 e. The van der Waals surface area contributed by atoms with Crippen molar-refractivity contribution in [3.63, 3.8) is 0 Å². The quantitative estimate of drug-likeness (QED) is 0.535. The summed E-state index contributed by atoms with van der Waals surface area (Å²) < 4.78 is 16.1. The Morgan fingerprint density at radius 1 is 0.931 bits per heavy atom. The lowest BCUT2D eigenvalue weighted by atomic mass is 10.1. The summed E-state index contributed by atoms with van der Waals surface area (Å²) in [6.45, 7) is 0. The molecular weight excluding hydrogens is 370 g/mol. The van der Waals surface area contributed by atoms with Crippen molar-refractivity contribution in [2.45, 2.75) is 6.42 Å². The molecule has 3 aromatic carbocycles. The van der Waals surface area contributed by atoms with E-state index >= 15 is 0 Å². The van der Waals surface area contributed by atoms with E-state index in [9.17, 15) is 4.79 Å². The second-order valence-corrected chi connectivity index (χ2v) is 6.42. The first-order valence-electron chi connectivity index (χ1n) is 8.99. The minimum Gasteiger partial charge on any atom is -0.497 e. The van der Waals surface area contributed by atoms with Gasteiger partial charge in [-0.1, -0.05) is 47.6 Å². The van der Waals surface area contributed by atoms with Crippen LogP contribution in [0.2, 0.25) is 0 Å². The van der Waals surface area contributed by atoms with Crippen molar-refractivity contribution >= 4 is 22.7 Å². The topological polar surface area (TPSA) is 86.5 Å². The van der Waals surface area contributed by atoms with Crippen LogP contribution in [-0.4, -0.2) is 30.3 Å². The second kappa shape index (κ2) is 8.02. The van der Waals surface area contributed by atoms with E-state index in [4.69, 9.17) is 13.9 Å². The molecule has 0 bridgehead atoms. The van der Waals surface area contributed by atoms with Gasteiger partial charge in [-0.25, -0.2) is 0 Å². The van der Waals surface area contributed by atoms with E-state index in [1.165, 1.54) is 0 Å². The Hall–Kier alpha value is -3.87. The van der Waals surface area contributed by atoms with Gasteiger partial charge < -0.3 is 13.9 Å². The lowest BCUT2D eigenvalue weighted by molar-refractivity contribution is -0.115. The van der Waals surface area contributed by atoms with Gasteiger partial charge >= 0.3 is 6.01 Å². The highest BCUT2D eigenvalue weighted by Crippen LogP contribution is 2.29. The Balaban J connectivity index is 1.47. The fraction of sp³-hybridized carbons (Fsp3) is 0.136. The molecule has 4 aromatic rings. The standard InChI is InChI=1S/C22H19N3O4/c1-27-18-11-17(12-19(13-18)28-2)21-24-25-22(29-21)23-20(26)10-14-7-8-15-5-3-4-6-16(15)9-14/h3-9,11-13H,10H2,1-2H3,(H,23,25,26). The van der Waals surface area contributed by atoms with Crippen molar-refractivity contribution in [2.75, 3.05) is 19.5 Å². The minimum absolute atomic E-state index is 0.0348. The number of carbonyl (C=O) groups excluding carboxylic acids is 1. The fourth-order valence-electron chi connectivity index (χ4n) is 3.02. The average molecular weight is 389 g/mol. The SMILES string of the molecule is COc1cc(OC)cc(-c2nnc(NC(=O)Cc3ccc4ccccc4c3)o2)c1. The van der Waals surface area contributed by atoms with E-state index in [0.717, 1.165) is 16.3 Å². The van der Waals surface area contributed by atoms with E-state index in [2.05, 4.69) is 15.5 Å². The highest BCUT2D eigenvalue weighted by Gasteiger charge is 2.14. The third kappa shape index (κ3) is 4.19. The molecule has 1 N–H and O–H groups in total. The van der Waals surface area contributed by atoms with Crippen molar-refractivity contribution in [2.24, 2.45) is 0 Å². The summed E-state index contributed by atoms with van der Waals surface area (Å²) in [5.41, 5.74) is 1.53. The van der Waals surface area contributed by atoms with E-state index in [1.807, 2.05) is 42.5 Å². The molecule has 0 atom stereocenters. The van der Waals surface area contributed by atoms with E-state index in [-0.39, 0.29) is 24.2 Å². The first-order chi connectivity index (χ1) is 14.1. The summed E-state index contributed by atoms with van der Waals surface area (Å²) in [4.78, 5) is 12.4. The van der Waals surface area contributed by atoms with Crippen LogP contribution >= 0.6 is 0 Å². The smallest absolute Gasteiger partial charge is 0.322 e. The molecule has 0 aliphatic heterocycles. The zero-order chi connectivity index (χ0) is 20.2. The van der Waals surface area contributed by atoms with Crippen molar-refractivity contribution in [1.82, 2.24) is 10.2 Å². The highest BCUT2D eigenvalue weighted by molar-refractivity contribution is 5.91. The number of fused-ring (bicyclic) bond motifs is 1. The molecule has 7 nitrogen and oxygen atoms in total. The van der Waals surface area contributed by atoms with Gasteiger partial charge in [0, 0.05) is 11.6 Å². The van der Waals surface area contributed by atoms with Crippen LogP contribution in [0.15, 0.2) is 65.1 Å². The Labute approximate surface area is 167 Å². The van der Waals surface area contributed by atoms with Crippen LogP contribution in [0.4, 0.5) is 6.01 Å². The molecule has 0 aliphatic rings. The maximum atomic E-state index is 12.4. The van der Waals surface area contributed by atoms with Crippen LogP contribution in [0.25, 0.3) is 22.2 Å². The Morgan fingerprint density at radius 2 is 1.66 bits per heavy atom. The molecule has 0 spiro atoms. The van der Waals surface area contributed by atoms with Gasteiger partial charge in [-0.15, -0.1) is 5.10 Å². The van der Waals surface area contributed by atoms with Gasteiger partial charge in [-0.3, -0.25) is 10.1 Å². The summed E-state index contributed by atoms with van der Waals surface area (Å²) >= 11 is 0. The molecule has 1 heterocycles. The summed E-state index contributed by atoms with van der Waals surface area (Å²) in [6.07, 6.45) is 0.204. The van der Waals surface area contributed by atoms with Crippen molar-refractivity contribution in [1.29, 1.82) is 0 Å². The van der Waals surface area contributed by atoms with Crippen LogP contribution in [0.3, 0.4) is 0 Å². The first kappa shape index (κ1) is 18.5. The molecule has 1 aromatic heterocycles. The molecule has 0 fully saturated rings. The minimum atomic E-state index is -0.237. The number of carbonyl (C=O) groups is 1. The molecule has 0 aliphatic carbocycles. The van der Waals surface area contributed by atoms with Crippen LogP contribution in [0, 0.1) is 0 Å². The van der Waals surface area contributed by atoms with E-state index in [1.54, 1.807) is 32.4 Å². The highest BCUT2D eigenvalue weighted by atomic mass is 16.5. The number of amides is 1. The van der Waals surface area contributed by atoms with Gasteiger partial charge in [0.1, 0.15) is 11.5 Å². The van der Waals surface area contributed by atoms with Gasteiger partial charge in [0.2, 0.25) is 11.8 Å². The zero-order valence-corrected chi connectivity index (χ0v) is 16.0. The van der Waals surface area contributed by atoms with Gasteiger partial charge in [0.25, 0.3) is 0 Å². The predicted octanol–water partition coefficient (Wildman–Crippen LogP) is 4.09. The first-order valence-corrected chi connectivity index (χ1v) is 8.99. The number of hydrogen-bond acceptors (Lipinski definition) is 6. The number of nitrogens with zero attached hydrogens (tertiary/aromatic N) is 2. The maximum absolute atomic E-state index is 12.4. The number of nitrogens with one attached hydrogen (secondary N) is 1. The number of methoxy groups -OCH3 is 2. The molecule has 0 saturated carbocycles. The van der Waals surface area contributed by atoms with E-state index < -0.39 is 0 Å². The Bertz CT molecular complexity index is 1150. The Morgan fingerprint density at radius 3 is 2.38 bits per heavy atom. The predicted molar refractivity (Wildman–Crippen MR) is 109 cm³/mol. The molecule has 0 unspecified atom stereocenters. The molecule has 4 rings (SSSR count). The largest absolute Gasteiger partial charge is 0.497 e. The monoisotopic (exact) mass is 389 g/mol. The number of aromatic nitrogens is 2. The van der Waals surface area contributed by atoms with Crippen molar-refractivity contribution in [3.05, 3.63) is 66.2 Å². The zero-order valence-electron chi connectivity index (χ0n) is 16.0. The van der Waals surface area contributed by atoms with E-state index in [0.29, 0.717) is 17.1 Å². The summed E-state index contributed by atoms with van der Waals surface area (Å²) in [5.74, 6) is 1.21. The van der Waals surface area contributed by atoms with Crippen molar-refractivity contribution < 1.29 is 18.7 Å². The number of hydrogen-bond donors (Lipinski definition) is 1. The molecule has 7 heteroatoms. The summed E-state index contributed by atoms with van der Waals surface area (Å²) in [7, 11) is 3.12. The third-order valence-corrected chi connectivity index (χ3v) is 4.45. The normalized spacial score (nSPS) is 10.7. The molecule has 146 valence electrons. The van der Waals surface area contributed by atoms with Crippen LogP contribution < -0.4 is 14.8 Å². The molecular formula is C22H19N3O4. The number of anilines is 1. The number of ether oxygens (including phenoxy) is 2. The van der Waals surface area contributed by atoms with Gasteiger partial charge in [0.05, 0.1) is 20.6 Å². The Kier molecular flexibility index (Phi) is 5.11. The lowest BCUT2D eigenvalue weighted by Crippen LogP contribution is -2.14. The molecule has 1 amide bonds. The van der Waals surface area contributed by atoms with Crippen LogP contribution in [0.5, 0.6) is 11.5 Å². The van der Waals surface area contributed by atoms with Crippen LogP contribution in [-0.2, 0) is 11.2 Å². The van der Waals surface area contributed by atoms with Gasteiger partial charge in [-0.05, 0) is 28.5 Å². The molecule has 29 heavy (non-hydrogen) atoms. The lowest BCUT2D eigenvalue weighted by Gasteiger charge is -2.06. The second-order valence-electron chi connectivity index (χ2n) is 6.42. The van der Waals surface area contributed by atoms with Gasteiger partial charge in [-0.2, -0.15) is 0 Å².